The normalized spacial score (nSPS) is 16.4. The van der Waals surface area contributed by atoms with Gasteiger partial charge in [-0.3, -0.25) is 0 Å². The van der Waals surface area contributed by atoms with E-state index in [4.69, 9.17) is 9.84 Å². The number of para-hydroxylation sites is 1. The van der Waals surface area contributed by atoms with Gasteiger partial charge < -0.3 is 9.84 Å². The van der Waals surface area contributed by atoms with Crippen LogP contribution in [0.25, 0.3) is 0 Å². The molecule has 1 aliphatic rings. The molecule has 0 amide bonds. The third-order valence-corrected chi connectivity index (χ3v) is 6.11. The lowest BCUT2D eigenvalue weighted by molar-refractivity contribution is 0.117. The number of hydrogen-bond donors (Lipinski definition) is 1. The summed E-state index contributed by atoms with van der Waals surface area (Å²) in [6, 6.07) is 6.60. The first-order valence-electron chi connectivity index (χ1n) is 6.82. The lowest BCUT2D eigenvalue weighted by atomic mass is 10.1. The Labute approximate surface area is 133 Å². The van der Waals surface area contributed by atoms with Crippen LogP contribution in [-0.4, -0.2) is 42.5 Å². The maximum absolute atomic E-state index is 12.6. The zero-order valence-corrected chi connectivity index (χ0v) is 13.4. The van der Waals surface area contributed by atoms with E-state index in [-0.39, 0.29) is 24.0 Å². The molecule has 118 valence electrons. The van der Waals surface area contributed by atoms with E-state index >= 15 is 0 Å². The van der Waals surface area contributed by atoms with Crippen molar-refractivity contribution in [1.29, 1.82) is 0 Å². The SMILES string of the molecule is O=S(=O)(c1ccccc1OCc1nccs1)N1CC(CO)C1. The van der Waals surface area contributed by atoms with Gasteiger partial charge in [-0.25, -0.2) is 13.4 Å². The predicted octanol–water partition coefficient (Wildman–Crippen LogP) is 1.33. The Kier molecular flexibility index (Phi) is 4.44. The maximum atomic E-state index is 12.6. The van der Waals surface area contributed by atoms with Crippen LogP contribution in [0.1, 0.15) is 5.01 Å². The van der Waals surface area contributed by atoms with Crippen molar-refractivity contribution in [2.24, 2.45) is 5.92 Å². The number of ether oxygens (including phenoxy) is 1. The molecule has 1 aromatic heterocycles. The van der Waals surface area contributed by atoms with Gasteiger partial charge in [0.15, 0.2) is 0 Å². The summed E-state index contributed by atoms with van der Waals surface area (Å²) < 4.78 is 32.2. The second-order valence-electron chi connectivity index (χ2n) is 5.03. The fourth-order valence-electron chi connectivity index (χ4n) is 2.22. The minimum Gasteiger partial charge on any atom is -0.485 e. The van der Waals surface area contributed by atoms with Crippen LogP contribution in [0.3, 0.4) is 0 Å². The van der Waals surface area contributed by atoms with E-state index in [0.717, 1.165) is 5.01 Å². The molecular formula is C14H16N2O4S2. The van der Waals surface area contributed by atoms with E-state index in [1.807, 2.05) is 5.38 Å². The number of aromatic nitrogens is 1. The molecule has 0 aliphatic carbocycles. The highest BCUT2D eigenvalue weighted by molar-refractivity contribution is 7.89. The second kappa shape index (κ2) is 6.33. The summed E-state index contributed by atoms with van der Waals surface area (Å²) in [4.78, 5) is 4.27. The van der Waals surface area contributed by atoms with Crippen LogP contribution >= 0.6 is 11.3 Å². The number of hydrogen-bond acceptors (Lipinski definition) is 6. The molecule has 0 atom stereocenters. The minimum atomic E-state index is -3.59. The highest BCUT2D eigenvalue weighted by atomic mass is 32.2. The molecule has 3 rings (SSSR count). The molecule has 1 N–H and O–H groups in total. The van der Waals surface area contributed by atoms with Gasteiger partial charge in [0.2, 0.25) is 10.0 Å². The standard InChI is InChI=1S/C14H16N2O4S2/c17-9-11-7-16(8-11)22(18,19)13-4-2-1-3-12(13)20-10-14-15-5-6-21-14/h1-6,11,17H,7-10H2. The van der Waals surface area contributed by atoms with Crippen molar-refractivity contribution in [1.82, 2.24) is 9.29 Å². The monoisotopic (exact) mass is 340 g/mol. The molecule has 6 nitrogen and oxygen atoms in total. The molecule has 2 aromatic rings. The van der Waals surface area contributed by atoms with Crippen molar-refractivity contribution in [3.05, 3.63) is 40.8 Å². The van der Waals surface area contributed by atoms with Crippen molar-refractivity contribution in [2.45, 2.75) is 11.5 Å². The quantitative estimate of drug-likeness (QED) is 0.858. The number of rotatable bonds is 6. The Morgan fingerprint density at radius 2 is 2.14 bits per heavy atom. The van der Waals surface area contributed by atoms with Crippen LogP contribution < -0.4 is 4.74 Å². The van der Waals surface area contributed by atoms with E-state index in [2.05, 4.69) is 4.98 Å². The van der Waals surface area contributed by atoms with Crippen LogP contribution in [0, 0.1) is 5.92 Å². The fraction of sp³-hybridized carbons (Fsp3) is 0.357. The molecule has 0 spiro atoms. The van der Waals surface area contributed by atoms with Crippen LogP contribution in [0.5, 0.6) is 5.75 Å². The predicted molar refractivity (Wildman–Crippen MR) is 82.2 cm³/mol. The van der Waals surface area contributed by atoms with Crippen molar-refractivity contribution in [2.75, 3.05) is 19.7 Å². The molecular weight excluding hydrogens is 324 g/mol. The molecule has 1 saturated heterocycles. The largest absolute Gasteiger partial charge is 0.485 e. The molecule has 0 bridgehead atoms. The summed E-state index contributed by atoms with van der Waals surface area (Å²) in [6.45, 7) is 0.941. The summed E-state index contributed by atoms with van der Waals surface area (Å²) in [7, 11) is -3.59. The van der Waals surface area contributed by atoms with E-state index in [1.165, 1.54) is 15.6 Å². The van der Waals surface area contributed by atoms with Gasteiger partial charge in [0, 0.05) is 37.2 Å². The van der Waals surface area contributed by atoms with Crippen molar-refractivity contribution in [3.8, 4) is 5.75 Å². The first kappa shape index (κ1) is 15.4. The fourth-order valence-corrected chi connectivity index (χ4v) is 4.47. The van der Waals surface area contributed by atoms with Gasteiger partial charge in [0.05, 0.1) is 0 Å². The number of sulfonamides is 1. The Balaban J connectivity index is 1.78. The molecule has 22 heavy (non-hydrogen) atoms. The third-order valence-electron chi connectivity index (χ3n) is 3.48. The number of benzene rings is 1. The molecule has 1 fully saturated rings. The lowest BCUT2D eigenvalue weighted by Gasteiger charge is -2.37. The number of aliphatic hydroxyl groups excluding tert-OH is 1. The zero-order chi connectivity index (χ0) is 15.6. The number of thiazole rings is 1. The van der Waals surface area contributed by atoms with Crippen molar-refractivity contribution in [3.63, 3.8) is 0 Å². The molecule has 8 heteroatoms. The zero-order valence-electron chi connectivity index (χ0n) is 11.8. The van der Waals surface area contributed by atoms with Gasteiger partial charge in [0.25, 0.3) is 0 Å². The maximum Gasteiger partial charge on any atom is 0.246 e. The summed E-state index contributed by atoms with van der Waals surface area (Å²) in [5, 5.41) is 11.7. The topological polar surface area (TPSA) is 79.7 Å². The molecule has 0 radical (unpaired) electrons. The van der Waals surface area contributed by atoms with Crippen LogP contribution in [0.4, 0.5) is 0 Å². The first-order valence-corrected chi connectivity index (χ1v) is 9.14. The van der Waals surface area contributed by atoms with E-state index in [0.29, 0.717) is 18.8 Å². The Bertz CT molecular complexity index is 725. The Hall–Kier alpha value is -1.48. The molecule has 2 heterocycles. The smallest absolute Gasteiger partial charge is 0.246 e. The molecule has 1 aliphatic heterocycles. The lowest BCUT2D eigenvalue weighted by Crippen LogP contribution is -2.51. The van der Waals surface area contributed by atoms with Crippen molar-refractivity contribution < 1.29 is 18.3 Å². The van der Waals surface area contributed by atoms with Gasteiger partial charge in [-0.1, -0.05) is 12.1 Å². The van der Waals surface area contributed by atoms with Crippen LogP contribution in [-0.2, 0) is 16.6 Å². The second-order valence-corrected chi connectivity index (χ2v) is 7.92. The molecule has 0 saturated carbocycles. The highest BCUT2D eigenvalue weighted by Gasteiger charge is 2.37. The van der Waals surface area contributed by atoms with Crippen molar-refractivity contribution >= 4 is 21.4 Å². The summed E-state index contributed by atoms with van der Waals surface area (Å²) in [6.07, 6.45) is 1.68. The van der Waals surface area contributed by atoms with E-state index < -0.39 is 10.0 Å². The van der Waals surface area contributed by atoms with Gasteiger partial charge in [-0.2, -0.15) is 4.31 Å². The van der Waals surface area contributed by atoms with Crippen LogP contribution in [0.2, 0.25) is 0 Å². The highest BCUT2D eigenvalue weighted by Crippen LogP contribution is 2.31. The molecule has 1 aromatic carbocycles. The van der Waals surface area contributed by atoms with Gasteiger partial charge in [-0.05, 0) is 12.1 Å². The third kappa shape index (κ3) is 3.00. The van der Waals surface area contributed by atoms with Gasteiger partial charge in [-0.15, -0.1) is 11.3 Å². The summed E-state index contributed by atoms with van der Waals surface area (Å²) in [5.41, 5.74) is 0. The number of aliphatic hydroxyl groups is 1. The number of nitrogens with zero attached hydrogens (tertiary/aromatic N) is 2. The average Bonchev–Trinajstić information content (AvgIpc) is 2.97. The van der Waals surface area contributed by atoms with E-state index in [1.54, 1.807) is 30.5 Å². The molecule has 0 unspecified atom stereocenters. The van der Waals surface area contributed by atoms with Crippen LogP contribution in [0.15, 0.2) is 40.7 Å². The minimum absolute atomic E-state index is 0.00815. The Morgan fingerprint density at radius 1 is 1.36 bits per heavy atom. The Morgan fingerprint density at radius 3 is 2.82 bits per heavy atom. The van der Waals surface area contributed by atoms with Gasteiger partial charge in [0.1, 0.15) is 22.3 Å². The average molecular weight is 340 g/mol. The van der Waals surface area contributed by atoms with E-state index in [9.17, 15) is 8.42 Å². The van der Waals surface area contributed by atoms with Gasteiger partial charge >= 0.3 is 0 Å². The summed E-state index contributed by atoms with van der Waals surface area (Å²) >= 11 is 1.46. The summed E-state index contributed by atoms with van der Waals surface area (Å²) in [5.74, 6) is 0.350. The first-order chi connectivity index (χ1) is 10.6.